The summed E-state index contributed by atoms with van der Waals surface area (Å²) in [5, 5.41) is 8.51. The standard InChI is InChI=1S/C9H16N6O2S/c1-3-15-7(4-10)12-14-9(15)18-5-8(17)13-11-6(2)16/h3-5,10H2,1-2H3,(H,11,16)(H,13,17). The smallest absolute Gasteiger partial charge is 0.248 e. The molecule has 18 heavy (non-hydrogen) atoms. The first-order valence-corrected chi connectivity index (χ1v) is 6.37. The highest BCUT2D eigenvalue weighted by atomic mass is 32.2. The fraction of sp³-hybridized carbons (Fsp3) is 0.556. The van der Waals surface area contributed by atoms with Gasteiger partial charge in [0.05, 0.1) is 12.3 Å². The second kappa shape index (κ2) is 6.97. The average Bonchev–Trinajstić information content (AvgIpc) is 2.75. The third-order valence-corrected chi connectivity index (χ3v) is 2.97. The molecule has 0 saturated carbocycles. The highest BCUT2D eigenvalue weighted by Crippen LogP contribution is 2.16. The van der Waals surface area contributed by atoms with Crippen LogP contribution in [0.15, 0.2) is 5.16 Å². The van der Waals surface area contributed by atoms with Gasteiger partial charge in [-0.25, -0.2) is 0 Å². The topological polar surface area (TPSA) is 115 Å². The van der Waals surface area contributed by atoms with Gasteiger partial charge in [-0.2, -0.15) is 0 Å². The molecule has 0 bridgehead atoms. The Labute approximate surface area is 109 Å². The summed E-state index contributed by atoms with van der Waals surface area (Å²) in [7, 11) is 0. The fourth-order valence-corrected chi connectivity index (χ4v) is 2.04. The number of nitrogens with two attached hydrogens (primary N) is 1. The van der Waals surface area contributed by atoms with Gasteiger partial charge in [-0.3, -0.25) is 20.4 Å². The van der Waals surface area contributed by atoms with Gasteiger partial charge in [0.1, 0.15) is 5.82 Å². The van der Waals surface area contributed by atoms with Crippen molar-refractivity contribution in [2.75, 3.05) is 5.75 Å². The van der Waals surface area contributed by atoms with E-state index < -0.39 is 0 Å². The molecule has 8 nitrogen and oxygen atoms in total. The van der Waals surface area contributed by atoms with Crippen LogP contribution in [0.2, 0.25) is 0 Å². The van der Waals surface area contributed by atoms with E-state index in [1.54, 1.807) is 0 Å². The van der Waals surface area contributed by atoms with E-state index in [-0.39, 0.29) is 17.6 Å². The van der Waals surface area contributed by atoms with Crippen molar-refractivity contribution in [3.63, 3.8) is 0 Å². The minimum atomic E-state index is -0.324. The monoisotopic (exact) mass is 272 g/mol. The number of carbonyl (C=O) groups excluding carboxylic acids is 2. The zero-order valence-corrected chi connectivity index (χ0v) is 11.1. The number of hydrogen-bond acceptors (Lipinski definition) is 6. The predicted octanol–water partition coefficient (Wildman–Crippen LogP) is -0.984. The molecule has 1 rings (SSSR count). The van der Waals surface area contributed by atoms with Crippen LogP contribution >= 0.6 is 11.8 Å². The van der Waals surface area contributed by atoms with Crippen molar-refractivity contribution >= 4 is 23.6 Å². The Morgan fingerprint density at radius 1 is 1.39 bits per heavy atom. The molecule has 4 N–H and O–H groups in total. The highest BCUT2D eigenvalue weighted by Gasteiger charge is 2.11. The van der Waals surface area contributed by atoms with Gasteiger partial charge in [-0.05, 0) is 6.92 Å². The molecule has 0 radical (unpaired) electrons. The number of hydrazine groups is 1. The SMILES string of the molecule is CCn1c(CN)nnc1SCC(=O)NNC(C)=O. The summed E-state index contributed by atoms with van der Waals surface area (Å²) >= 11 is 1.24. The quantitative estimate of drug-likeness (QED) is 0.468. The van der Waals surface area contributed by atoms with E-state index in [9.17, 15) is 9.59 Å². The number of nitrogens with zero attached hydrogens (tertiary/aromatic N) is 3. The van der Waals surface area contributed by atoms with Crippen LogP contribution in [0.5, 0.6) is 0 Å². The molecule has 0 aliphatic rings. The lowest BCUT2D eigenvalue weighted by molar-refractivity contribution is -0.126. The largest absolute Gasteiger partial charge is 0.324 e. The van der Waals surface area contributed by atoms with E-state index >= 15 is 0 Å². The third kappa shape index (κ3) is 4.00. The van der Waals surface area contributed by atoms with Crippen LogP contribution in [-0.4, -0.2) is 32.3 Å². The maximum Gasteiger partial charge on any atom is 0.248 e. The Kier molecular flexibility index (Phi) is 5.59. The zero-order chi connectivity index (χ0) is 13.5. The van der Waals surface area contributed by atoms with Crippen LogP contribution in [0, 0.1) is 0 Å². The molecule has 1 aromatic rings. The molecule has 0 saturated heterocycles. The van der Waals surface area contributed by atoms with Crippen molar-refractivity contribution in [2.45, 2.75) is 32.1 Å². The van der Waals surface area contributed by atoms with Crippen molar-refractivity contribution in [3.05, 3.63) is 5.82 Å². The van der Waals surface area contributed by atoms with Gasteiger partial charge in [0.2, 0.25) is 11.8 Å². The van der Waals surface area contributed by atoms with Gasteiger partial charge in [0.15, 0.2) is 5.16 Å². The second-order valence-electron chi connectivity index (χ2n) is 3.37. The van der Waals surface area contributed by atoms with Crippen LogP contribution < -0.4 is 16.6 Å². The maximum absolute atomic E-state index is 11.4. The van der Waals surface area contributed by atoms with Crippen molar-refractivity contribution in [2.24, 2.45) is 5.73 Å². The van der Waals surface area contributed by atoms with E-state index in [0.29, 0.717) is 24.1 Å². The minimum absolute atomic E-state index is 0.142. The van der Waals surface area contributed by atoms with Crippen LogP contribution in [0.4, 0.5) is 0 Å². The Morgan fingerprint density at radius 3 is 2.67 bits per heavy atom. The van der Waals surface area contributed by atoms with E-state index in [4.69, 9.17) is 5.73 Å². The summed E-state index contributed by atoms with van der Waals surface area (Å²) in [5.74, 6) is 0.191. The van der Waals surface area contributed by atoms with Crippen LogP contribution in [0.3, 0.4) is 0 Å². The first-order valence-electron chi connectivity index (χ1n) is 5.38. The van der Waals surface area contributed by atoms with Crippen LogP contribution in [0.25, 0.3) is 0 Å². The molecule has 0 aliphatic heterocycles. The molecule has 0 atom stereocenters. The number of aromatic nitrogens is 3. The summed E-state index contributed by atoms with van der Waals surface area (Å²) < 4.78 is 1.84. The number of thioether (sulfide) groups is 1. The molecule has 2 amide bonds. The average molecular weight is 272 g/mol. The Bertz CT molecular complexity index is 433. The predicted molar refractivity (Wildman–Crippen MR) is 66.3 cm³/mol. The molecular formula is C9H16N6O2S. The van der Waals surface area contributed by atoms with Crippen molar-refractivity contribution in [1.82, 2.24) is 25.6 Å². The first-order chi connectivity index (χ1) is 8.58. The molecule has 0 fully saturated rings. The Hall–Kier alpha value is -1.61. The Morgan fingerprint density at radius 2 is 2.11 bits per heavy atom. The lowest BCUT2D eigenvalue weighted by Crippen LogP contribution is -2.41. The van der Waals surface area contributed by atoms with Crippen LogP contribution in [-0.2, 0) is 22.7 Å². The van der Waals surface area contributed by atoms with Gasteiger partial charge in [0, 0.05) is 13.5 Å². The molecule has 0 aliphatic carbocycles. The molecule has 0 spiro atoms. The normalized spacial score (nSPS) is 10.2. The lowest BCUT2D eigenvalue weighted by atomic mass is 10.6. The number of amides is 2. The maximum atomic E-state index is 11.4. The van der Waals surface area contributed by atoms with Crippen molar-refractivity contribution < 1.29 is 9.59 Å². The second-order valence-corrected chi connectivity index (χ2v) is 4.31. The van der Waals surface area contributed by atoms with Gasteiger partial charge in [-0.15, -0.1) is 10.2 Å². The van der Waals surface area contributed by atoms with Gasteiger partial charge in [-0.1, -0.05) is 11.8 Å². The number of hydrogen-bond donors (Lipinski definition) is 3. The van der Waals surface area contributed by atoms with E-state index in [1.165, 1.54) is 18.7 Å². The summed E-state index contributed by atoms with van der Waals surface area (Å²) in [6.45, 7) is 4.26. The van der Waals surface area contributed by atoms with E-state index in [2.05, 4.69) is 21.0 Å². The molecule has 0 unspecified atom stereocenters. The molecule has 1 heterocycles. The number of carbonyl (C=O) groups is 2. The molecule has 0 aromatic carbocycles. The third-order valence-electron chi connectivity index (χ3n) is 2.00. The molecule has 100 valence electrons. The summed E-state index contributed by atoms with van der Waals surface area (Å²) in [4.78, 5) is 22.0. The fourth-order valence-electron chi connectivity index (χ4n) is 1.22. The van der Waals surface area contributed by atoms with Crippen LogP contribution in [0.1, 0.15) is 19.7 Å². The first kappa shape index (κ1) is 14.5. The summed E-state index contributed by atoms with van der Waals surface area (Å²) in [5.41, 5.74) is 10.00. The zero-order valence-electron chi connectivity index (χ0n) is 10.3. The van der Waals surface area contributed by atoms with E-state index in [0.717, 1.165) is 0 Å². The minimum Gasteiger partial charge on any atom is -0.324 e. The van der Waals surface area contributed by atoms with Gasteiger partial charge in [0.25, 0.3) is 0 Å². The molecule has 1 aromatic heterocycles. The summed E-state index contributed by atoms with van der Waals surface area (Å²) in [6.07, 6.45) is 0. The molecule has 9 heteroatoms. The van der Waals surface area contributed by atoms with Gasteiger partial charge < -0.3 is 10.3 Å². The molecular weight excluding hydrogens is 256 g/mol. The van der Waals surface area contributed by atoms with Crippen molar-refractivity contribution in [3.8, 4) is 0 Å². The number of rotatable bonds is 5. The van der Waals surface area contributed by atoms with Gasteiger partial charge >= 0.3 is 0 Å². The lowest BCUT2D eigenvalue weighted by Gasteiger charge is -2.06. The Balaban J connectivity index is 2.50. The van der Waals surface area contributed by atoms with Crippen molar-refractivity contribution in [1.29, 1.82) is 0 Å². The highest BCUT2D eigenvalue weighted by molar-refractivity contribution is 7.99. The number of nitrogens with one attached hydrogen (secondary N) is 2. The van der Waals surface area contributed by atoms with E-state index in [1.807, 2.05) is 11.5 Å². The summed E-state index contributed by atoms with van der Waals surface area (Å²) in [6, 6.07) is 0.